The summed E-state index contributed by atoms with van der Waals surface area (Å²) in [5.41, 5.74) is 2.46. The van der Waals surface area contributed by atoms with Crippen LogP contribution in [0.15, 0.2) is 18.2 Å². The summed E-state index contributed by atoms with van der Waals surface area (Å²) in [6.07, 6.45) is 0. The monoisotopic (exact) mass is 206 g/mol. The Morgan fingerprint density at radius 1 is 1.13 bits per heavy atom. The summed E-state index contributed by atoms with van der Waals surface area (Å²) in [6, 6.07) is 6.40. The summed E-state index contributed by atoms with van der Waals surface area (Å²) in [5, 5.41) is 0. The Hall–Kier alpha value is -0.980. The van der Waals surface area contributed by atoms with Gasteiger partial charge in [0.05, 0.1) is 0 Å². The first-order chi connectivity index (χ1) is 6.79. The van der Waals surface area contributed by atoms with Gasteiger partial charge < -0.3 is 4.74 Å². The molecule has 0 bridgehead atoms. The van der Waals surface area contributed by atoms with Gasteiger partial charge in [-0.25, -0.2) is 0 Å². The van der Waals surface area contributed by atoms with Crippen molar-refractivity contribution in [2.75, 3.05) is 0 Å². The van der Waals surface area contributed by atoms with E-state index in [4.69, 9.17) is 4.74 Å². The van der Waals surface area contributed by atoms with Crippen LogP contribution in [0.25, 0.3) is 0 Å². The standard InChI is InChI=1S/C14H22O/c1-10(2)12-9-11(3)7-8-13(12)15-14(4,5)6/h7-10H,1-6H3. The lowest BCUT2D eigenvalue weighted by atomic mass is 9.99. The highest BCUT2D eigenvalue weighted by atomic mass is 16.5. The van der Waals surface area contributed by atoms with Crippen molar-refractivity contribution in [3.05, 3.63) is 29.3 Å². The van der Waals surface area contributed by atoms with Crippen LogP contribution in [0, 0.1) is 6.92 Å². The number of hydrogen-bond donors (Lipinski definition) is 0. The van der Waals surface area contributed by atoms with Crippen molar-refractivity contribution in [3.8, 4) is 5.75 Å². The molecule has 1 heteroatoms. The molecule has 0 fully saturated rings. The van der Waals surface area contributed by atoms with E-state index in [9.17, 15) is 0 Å². The average molecular weight is 206 g/mol. The van der Waals surface area contributed by atoms with Gasteiger partial charge in [-0.15, -0.1) is 0 Å². The molecule has 0 aromatic heterocycles. The Morgan fingerprint density at radius 3 is 2.20 bits per heavy atom. The van der Waals surface area contributed by atoms with E-state index in [0.29, 0.717) is 5.92 Å². The zero-order valence-corrected chi connectivity index (χ0v) is 10.7. The van der Waals surface area contributed by atoms with E-state index < -0.39 is 0 Å². The summed E-state index contributed by atoms with van der Waals surface area (Å²) in [7, 11) is 0. The van der Waals surface area contributed by atoms with Crippen LogP contribution in [0.4, 0.5) is 0 Å². The quantitative estimate of drug-likeness (QED) is 0.701. The molecule has 0 spiro atoms. The van der Waals surface area contributed by atoms with Crippen molar-refractivity contribution in [3.63, 3.8) is 0 Å². The lowest BCUT2D eigenvalue weighted by molar-refractivity contribution is 0.129. The molecule has 0 atom stereocenters. The van der Waals surface area contributed by atoms with Crippen LogP contribution in [-0.4, -0.2) is 5.60 Å². The van der Waals surface area contributed by atoms with Crippen molar-refractivity contribution < 1.29 is 4.74 Å². The van der Waals surface area contributed by atoms with E-state index in [1.54, 1.807) is 0 Å². The van der Waals surface area contributed by atoms with Crippen LogP contribution >= 0.6 is 0 Å². The highest BCUT2D eigenvalue weighted by Crippen LogP contribution is 2.29. The highest BCUT2D eigenvalue weighted by molar-refractivity contribution is 5.39. The fraction of sp³-hybridized carbons (Fsp3) is 0.571. The third-order valence-electron chi connectivity index (χ3n) is 2.20. The summed E-state index contributed by atoms with van der Waals surface area (Å²) in [4.78, 5) is 0. The molecule has 0 N–H and O–H groups in total. The largest absolute Gasteiger partial charge is 0.488 e. The summed E-state index contributed by atoms with van der Waals surface area (Å²) < 4.78 is 5.95. The van der Waals surface area contributed by atoms with Crippen LogP contribution < -0.4 is 4.74 Å². The Labute approximate surface area is 93.5 Å². The molecule has 0 aliphatic rings. The number of ether oxygens (including phenoxy) is 1. The Balaban J connectivity index is 3.06. The maximum Gasteiger partial charge on any atom is 0.123 e. The second kappa shape index (κ2) is 4.26. The first-order valence-corrected chi connectivity index (χ1v) is 5.59. The normalized spacial score (nSPS) is 11.9. The van der Waals surface area contributed by atoms with Crippen LogP contribution in [0.5, 0.6) is 5.75 Å². The molecule has 1 aromatic carbocycles. The summed E-state index contributed by atoms with van der Waals surface area (Å²) in [6.45, 7) is 12.8. The molecule has 0 heterocycles. The molecule has 0 aliphatic heterocycles. The lowest BCUT2D eigenvalue weighted by Crippen LogP contribution is -2.23. The van der Waals surface area contributed by atoms with Gasteiger partial charge >= 0.3 is 0 Å². The Bertz CT molecular complexity index is 332. The van der Waals surface area contributed by atoms with Gasteiger partial charge in [0.25, 0.3) is 0 Å². The molecule has 15 heavy (non-hydrogen) atoms. The molecule has 0 saturated heterocycles. The predicted molar refractivity (Wildman–Crippen MR) is 65.6 cm³/mol. The van der Waals surface area contributed by atoms with Crippen LogP contribution in [0.3, 0.4) is 0 Å². The lowest BCUT2D eigenvalue weighted by Gasteiger charge is -2.24. The molecular weight excluding hydrogens is 184 g/mol. The minimum atomic E-state index is -0.126. The second-order valence-corrected chi connectivity index (χ2v) is 5.41. The molecule has 1 nitrogen and oxygen atoms in total. The van der Waals surface area contributed by atoms with Gasteiger partial charge in [0.15, 0.2) is 0 Å². The van der Waals surface area contributed by atoms with Gasteiger partial charge in [0, 0.05) is 0 Å². The van der Waals surface area contributed by atoms with Gasteiger partial charge in [-0.1, -0.05) is 31.5 Å². The van der Waals surface area contributed by atoms with Crippen molar-refractivity contribution in [1.29, 1.82) is 0 Å². The van der Waals surface area contributed by atoms with Crippen molar-refractivity contribution in [2.45, 2.75) is 53.1 Å². The fourth-order valence-corrected chi connectivity index (χ4v) is 1.54. The Morgan fingerprint density at radius 2 is 1.73 bits per heavy atom. The molecule has 0 amide bonds. The van der Waals surface area contributed by atoms with Crippen molar-refractivity contribution >= 4 is 0 Å². The third kappa shape index (κ3) is 3.58. The van der Waals surface area contributed by atoms with E-state index in [-0.39, 0.29) is 5.60 Å². The smallest absolute Gasteiger partial charge is 0.123 e. The zero-order valence-electron chi connectivity index (χ0n) is 10.7. The molecule has 0 saturated carbocycles. The van der Waals surface area contributed by atoms with E-state index in [0.717, 1.165) is 5.75 Å². The molecular formula is C14H22O. The van der Waals surface area contributed by atoms with E-state index in [1.165, 1.54) is 11.1 Å². The first kappa shape index (κ1) is 12.1. The summed E-state index contributed by atoms with van der Waals surface area (Å²) in [5.74, 6) is 1.52. The van der Waals surface area contributed by atoms with E-state index in [2.05, 4.69) is 59.7 Å². The molecule has 84 valence electrons. The van der Waals surface area contributed by atoms with Crippen LogP contribution in [0.2, 0.25) is 0 Å². The van der Waals surface area contributed by atoms with Crippen molar-refractivity contribution in [1.82, 2.24) is 0 Å². The number of benzene rings is 1. The van der Waals surface area contributed by atoms with Gasteiger partial charge in [-0.3, -0.25) is 0 Å². The maximum absolute atomic E-state index is 5.95. The van der Waals surface area contributed by atoms with Gasteiger partial charge in [-0.2, -0.15) is 0 Å². The topological polar surface area (TPSA) is 9.23 Å². The maximum atomic E-state index is 5.95. The minimum Gasteiger partial charge on any atom is -0.488 e. The average Bonchev–Trinajstić information content (AvgIpc) is 2.05. The zero-order chi connectivity index (χ0) is 11.6. The number of hydrogen-bond acceptors (Lipinski definition) is 1. The minimum absolute atomic E-state index is 0.126. The van der Waals surface area contributed by atoms with Gasteiger partial charge in [0.1, 0.15) is 11.4 Å². The molecule has 1 aromatic rings. The van der Waals surface area contributed by atoms with Gasteiger partial charge in [-0.05, 0) is 45.2 Å². The van der Waals surface area contributed by atoms with Crippen molar-refractivity contribution in [2.24, 2.45) is 0 Å². The SMILES string of the molecule is Cc1ccc(OC(C)(C)C)c(C(C)C)c1. The van der Waals surface area contributed by atoms with Crippen LogP contribution in [-0.2, 0) is 0 Å². The van der Waals surface area contributed by atoms with E-state index in [1.807, 2.05) is 0 Å². The highest BCUT2D eigenvalue weighted by Gasteiger charge is 2.15. The molecule has 0 radical (unpaired) electrons. The molecule has 0 aliphatic carbocycles. The summed E-state index contributed by atoms with van der Waals surface area (Å²) >= 11 is 0. The fourth-order valence-electron chi connectivity index (χ4n) is 1.54. The number of rotatable bonds is 2. The Kier molecular flexibility index (Phi) is 3.43. The van der Waals surface area contributed by atoms with Crippen LogP contribution in [0.1, 0.15) is 51.7 Å². The van der Waals surface area contributed by atoms with Gasteiger partial charge in [0.2, 0.25) is 0 Å². The molecule has 1 rings (SSSR count). The number of aryl methyl sites for hydroxylation is 1. The first-order valence-electron chi connectivity index (χ1n) is 5.59. The second-order valence-electron chi connectivity index (χ2n) is 5.41. The van der Waals surface area contributed by atoms with E-state index >= 15 is 0 Å². The molecule has 0 unspecified atom stereocenters. The third-order valence-corrected chi connectivity index (χ3v) is 2.20. The predicted octanol–water partition coefficient (Wildman–Crippen LogP) is 4.30.